The summed E-state index contributed by atoms with van der Waals surface area (Å²) in [6.45, 7) is 5.55. The van der Waals surface area contributed by atoms with E-state index in [0.29, 0.717) is 12.6 Å². The number of rotatable bonds is 4. The van der Waals surface area contributed by atoms with Gasteiger partial charge >= 0.3 is 0 Å². The molecule has 4 nitrogen and oxygen atoms in total. The molecule has 0 aromatic rings. The number of nitrogens with one attached hydrogen (secondary N) is 1. The summed E-state index contributed by atoms with van der Waals surface area (Å²) in [6.07, 6.45) is 1.22. The van der Waals surface area contributed by atoms with Gasteiger partial charge in [-0.1, -0.05) is 6.92 Å². The maximum absolute atomic E-state index is 11.5. The zero-order valence-electron chi connectivity index (χ0n) is 9.58. The number of amides is 1. The van der Waals surface area contributed by atoms with Gasteiger partial charge in [-0.05, 0) is 27.4 Å². The Morgan fingerprint density at radius 3 is 2.79 bits per heavy atom. The van der Waals surface area contributed by atoms with Crippen LogP contribution in [0.25, 0.3) is 0 Å². The molecule has 0 bridgehead atoms. The third kappa shape index (κ3) is 2.45. The van der Waals surface area contributed by atoms with Gasteiger partial charge in [0.2, 0.25) is 5.91 Å². The van der Waals surface area contributed by atoms with E-state index in [1.807, 2.05) is 19.0 Å². The Morgan fingerprint density at radius 1 is 1.64 bits per heavy atom. The minimum absolute atomic E-state index is 0.227. The van der Waals surface area contributed by atoms with Gasteiger partial charge < -0.3 is 9.80 Å². The first-order valence-corrected chi connectivity index (χ1v) is 5.25. The van der Waals surface area contributed by atoms with Crippen LogP contribution in [0.5, 0.6) is 0 Å². The summed E-state index contributed by atoms with van der Waals surface area (Å²) in [7, 11) is 4.08. The van der Waals surface area contributed by atoms with E-state index in [2.05, 4.69) is 24.1 Å². The third-order valence-corrected chi connectivity index (χ3v) is 2.91. The lowest BCUT2D eigenvalue weighted by Crippen LogP contribution is -2.44. The van der Waals surface area contributed by atoms with Crippen molar-refractivity contribution in [3.05, 3.63) is 0 Å². The van der Waals surface area contributed by atoms with Gasteiger partial charge in [-0.15, -0.1) is 0 Å². The molecule has 0 aromatic carbocycles. The zero-order chi connectivity index (χ0) is 10.7. The van der Waals surface area contributed by atoms with Crippen molar-refractivity contribution in [2.75, 3.05) is 27.2 Å². The predicted octanol–water partition coefficient (Wildman–Crippen LogP) is 0.104. The zero-order valence-corrected chi connectivity index (χ0v) is 9.58. The van der Waals surface area contributed by atoms with Crippen molar-refractivity contribution in [3.63, 3.8) is 0 Å². The van der Waals surface area contributed by atoms with Crippen LogP contribution < -0.4 is 5.32 Å². The predicted molar refractivity (Wildman–Crippen MR) is 56.9 cm³/mol. The second-order valence-corrected chi connectivity index (χ2v) is 4.16. The van der Waals surface area contributed by atoms with Crippen LogP contribution in [0.15, 0.2) is 0 Å². The Morgan fingerprint density at radius 2 is 2.29 bits per heavy atom. The smallest absolute Gasteiger partial charge is 0.237 e. The van der Waals surface area contributed by atoms with Gasteiger partial charge in [0.1, 0.15) is 0 Å². The van der Waals surface area contributed by atoms with Crippen LogP contribution in [-0.2, 0) is 4.79 Å². The number of carbonyl (C=O) groups excluding carboxylic acids is 1. The molecule has 82 valence electrons. The van der Waals surface area contributed by atoms with Crippen LogP contribution in [0.4, 0.5) is 0 Å². The Labute approximate surface area is 86.2 Å². The van der Waals surface area contributed by atoms with E-state index in [1.54, 1.807) is 0 Å². The molecule has 14 heavy (non-hydrogen) atoms. The van der Waals surface area contributed by atoms with Gasteiger partial charge in [0.15, 0.2) is 0 Å². The van der Waals surface area contributed by atoms with Crippen LogP contribution >= 0.6 is 0 Å². The molecule has 0 spiro atoms. The summed E-state index contributed by atoms with van der Waals surface area (Å²) in [5.41, 5.74) is 0. The molecule has 2 atom stereocenters. The first-order chi connectivity index (χ1) is 6.56. The lowest BCUT2D eigenvalue weighted by Gasteiger charge is -2.29. The molecule has 1 aliphatic rings. The molecular weight excluding hydrogens is 178 g/mol. The minimum atomic E-state index is 0.227. The maximum atomic E-state index is 11.5. The summed E-state index contributed by atoms with van der Waals surface area (Å²) in [5, 5.41) is 3.21. The first kappa shape index (κ1) is 11.5. The Balaban J connectivity index is 2.52. The largest absolute Gasteiger partial charge is 0.325 e. The molecule has 0 radical (unpaired) electrons. The summed E-state index contributed by atoms with van der Waals surface area (Å²) in [4.78, 5) is 15.6. The number of hydrogen-bond donors (Lipinski definition) is 1. The molecule has 1 aliphatic heterocycles. The van der Waals surface area contributed by atoms with Gasteiger partial charge in [-0.3, -0.25) is 10.1 Å². The standard InChI is InChI=1S/C10H21N3O/c1-5-9-11-6-10(14)13(9)7-8(2)12(3)4/h8-9,11H,5-7H2,1-4H3. The molecule has 0 aliphatic carbocycles. The summed E-state index contributed by atoms with van der Waals surface area (Å²) >= 11 is 0. The van der Waals surface area contributed by atoms with E-state index in [0.717, 1.165) is 13.0 Å². The maximum Gasteiger partial charge on any atom is 0.237 e. The number of nitrogens with zero attached hydrogens (tertiary/aromatic N) is 2. The molecular formula is C10H21N3O. The van der Waals surface area contributed by atoms with Crippen LogP contribution in [0.1, 0.15) is 20.3 Å². The monoisotopic (exact) mass is 199 g/mol. The molecule has 1 N–H and O–H groups in total. The highest BCUT2D eigenvalue weighted by Crippen LogP contribution is 2.10. The number of hydrogen-bond acceptors (Lipinski definition) is 3. The van der Waals surface area contributed by atoms with E-state index in [4.69, 9.17) is 0 Å². The number of carbonyl (C=O) groups is 1. The van der Waals surface area contributed by atoms with Gasteiger partial charge in [0.05, 0.1) is 12.7 Å². The molecule has 1 fully saturated rings. The van der Waals surface area contributed by atoms with Crippen LogP contribution in [0, 0.1) is 0 Å². The lowest BCUT2D eigenvalue weighted by atomic mass is 10.2. The summed E-state index contributed by atoms with van der Waals surface area (Å²) in [6, 6.07) is 0.410. The Bertz CT molecular complexity index is 206. The molecule has 1 saturated heterocycles. The highest BCUT2D eigenvalue weighted by Gasteiger charge is 2.29. The first-order valence-electron chi connectivity index (χ1n) is 5.25. The molecule has 2 unspecified atom stereocenters. The highest BCUT2D eigenvalue weighted by molar-refractivity contribution is 5.80. The fourth-order valence-electron chi connectivity index (χ4n) is 1.63. The molecule has 1 heterocycles. The van der Waals surface area contributed by atoms with Gasteiger partial charge in [0.25, 0.3) is 0 Å². The quantitative estimate of drug-likeness (QED) is 0.698. The van der Waals surface area contributed by atoms with Crippen LogP contribution in [0.3, 0.4) is 0 Å². The van der Waals surface area contributed by atoms with E-state index >= 15 is 0 Å². The summed E-state index contributed by atoms with van der Waals surface area (Å²) in [5.74, 6) is 0.227. The second-order valence-electron chi connectivity index (χ2n) is 4.16. The highest BCUT2D eigenvalue weighted by atomic mass is 16.2. The van der Waals surface area contributed by atoms with E-state index in [1.165, 1.54) is 0 Å². The van der Waals surface area contributed by atoms with Crippen molar-refractivity contribution < 1.29 is 4.79 Å². The molecule has 1 amide bonds. The van der Waals surface area contributed by atoms with E-state index in [9.17, 15) is 4.79 Å². The molecule has 0 saturated carbocycles. The minimum Gasteiger partial charge on any atom is -0.325 e. The second kappa shape index (κ2) is 4.75. The average molecular weight is 199 g/mol. The average Bonchev–Trinajstić information content (AvgIpc) is 2.47. The lowest BCUT2D eigenvalue weighted by molar-refractivity contribution is -0.128. The van der Waals surface area contributed by atoms with Crippen molar-refractivity contribution in [2.24, 2.45) is 0 Å². The topological polar surface area (TPSA) is 35.6 Å². The van der Waals surface area contributed by atoms with Crippen LogP contribution in [0.2, 0.25) is 0 Å². The van der Waals surface area contributed by atoms with Crippen LogP contribution in [-0.4, -0.2) is 55.1 Å². The Kier molecular flexibility index (Phi) is 3.89. The van der Waals surface area contributed by atoms with Gasteiger partial charge in [-0.2, -0.15) is 0 Å². The Hall–Kier alpha value is -0.610. The van der Waals surface area contributed by atoms with Gasteiger partial charge in [-0.25, -0.2) is 0 Å². The van der Waals surface area contributed by atoms with Crippen molar-refractivity contribution in [3.8, 4) is 0 Å². The van der Waals surface area contributed by atoms with E-state index < -0.39 is 0 Å². The SMILES string of the molecule is CCC1NCC(=O)N1CC(C)N(C)C. The number of likely N-dealkylation sites (N-methyl/N-ethyl adjacent to an activating group) is 1. The molecule has 4 heteroatoms. The van der Waals surface area contributed by atoms with E-state index in [-0.39, 0.29) is 12.1 Å². The van der Waals surface area contributed by atoms with Crippen molar-refractivity contribution in [2.45, 2.75) is 32.5 Å². The van der Waals surface area contributed by atoms with Crippen molar-refractivity contribution in [1.29, 1.82) is 0 Å². The molecule has 0 aromatic heterocycles. The summed E-state index contributed by atoms with van der Waals surface area (Å²) < 4.78 is 0. The molecule has 1 rings (SSSR count). The normalized spacial score (nSPS) is 24.8. The third-order valence-electron chi connectivity index (χ3n) is 2.91. The fourth-order valence-corrected chi connectivity index (χ4v) is 1.63. The van der Waals surface area contributed by atoms with Crippen molar-refractivity contribution in [1.82, 2.24) is 15.1 Å². The fraction of sp³-hybridized carbons (Fsp3) is 0.900. The van der Waals surface area contributed by atoms with Crippen molar-refractivity contribution >= 4 is 5.91 Å². The van der Waals surface area contributed by atoms with Gasteiger partial charge in [0, 0.05) is 12.6 Å².